The van der Waals surface area contributed by atoms with Crippen LogP contribution in [0.2, 0.25) is 5.02 Å². The van der Waals surface area contributed by atoms with Crippen LogP contribution in [0.25, 0.3) is 0 Å². The van der Waals surface area contributed by atoms with Crippen LogP contribution < -0.4 is 5.48 Å². The molecule has 0 aliphatic heterocycles. The lowest BCUT2D eigenvalue weighted by Crippen LogP contribution is -2.11. The van der Waals surface area contributed by atoms with Crippen LogP contribution >= 0.6 is 11.6 Å². The Hall–Kier alpha value is -3.51. The third-order valence-corrected chi connectivity index (χ3v) is 4.18. The van der Waals surface area contributed by atoms with E-state index in [2.05, 4.69) is 15.7 Å². The number of carbonyl (C=O) groups excluding carboxylic acids is 2. The van der Waals surface area contributed by atoms with Gasteiger partial charge in [-0.05, 0) is 55.0 Å². The molecule has 1 amide bonds. The van der Waals surface area contributed by atoms with Gasteiger partial charge in [0, 0.05) is 0 Å². The molecular weight excluding hydrogens is 378 g/mol. The maximum Gasteiger partial charge on any atom is 0.363 e. The van der Waals surface area contributed by atoms with E-state index < -0.39 is 11.9 Å². The Bertz CT molecular complexity index is 1030. The van der Waals surface area contributed by atoms with E-state index in [9.17, 15) is 9.59 Å². The fraction of sp³-hybridized carbons (Fsp3) is 0.0476. The first-order valence-electron chi connectivity index (χ1n) is 8.38. The molecule has 0 aliphatic carbocycles. The van der Waals surface area contributed by atoms with Gasteiger partial charge in [-0.2, -0.15) is 0 Å². The molecule has 6 nitrogen and oxygen atoms in total. The number of carbonyl (C=O) groups is 2. The Morgan fingerprint density at radius 2 is 1.54 bits per heavy atom. The molecule has 0 unspecified atom stereocenters. The molecule has 7 heteroatoms. The van der Waals surface area contributed by atoms with Gasteiger partial charge >= 0.3 is 5.97 Å². The largest absolute Gasteiger partial charge is 0.363 e. The van der Waals surface area contributed by atoms with Gasteiger partial charge in [-0.15, -0.1) is 10.2 Å². The number of halogens is 1. The molecule has 0 fully saturated rings. The summed E-state index contributed by atoms with van der Waals surface area (Å²) in [5.74, 6) is -1.01. The van der Waals surface area contributed by atoms with Crippen molar-refractivity contribution in [2.75, 3.05) is 5.48 Å². The molecule has 0 saturated carbocycles. The average Bonchev–Trinajstić information content (AvgIpc) is 2.71. The zero-order valence-corrected chi connectivity index (χ0v) is 15.7. The van der Waals surface area contributed by atoms with Crippen LogP contribution in [0.5, 0.6) is 0 Å². The van der Waals surface area contributed by atoms with E-state index in [1.54, 1.807) is 60.7 Å². The second kappa shape index (κ2) is 8.92. The monoisotopic (exact) mass is 393 g/mol. The second-order valence-electron chi connectivity index (χ2n) is 5.84. The van der Waals surface area contributed by atoms with Crippen LogP contribution in [-0.4, -0.2) is 11.9 Å². The first-order valence-corrected chi connectivity index (χ1v) is 8.76. The molecule has 0 bridgehead atoms. The highest BCUT2D eigenvalue weighted by atomic mass is 35.5. The fourth-order valence-corrected chi connectivity index (χ4v) is 2.57. The van der Waals surface area contributed by atoms with Gasteiger partial charge in [-0.25, -0.2) is 10.3 Å². The molecule has 28 heavy (non-hydrogen) atoms. The highest BCUT2D eigenvalue weighted by Gasteiger charge is 2.10. The minimum absolute atomic E-state index is 0.286. The van der Waals surface area contributed by atoms with Crippen LogP contribution in [0.1, 0.15) is 26.3 Å². The van der Waals surface area contributed by atoms with Crippen LogP contribution in [0.4, 0.5) is 11.4 Å². The van der Waals surface area contributed by atoms with Gasteiger partial charge in [0.25, 0.3) is 5.91 Å². The zero-order chi connectivity index (χ0) is 19.9. The Morgan fingerprint density at radius 1 is 0.893 bits per heavy atom. The smallest absolute Gasteiger partial charge is 0.338 e. The highest BCUT2D eigenvalue weighted by Crippen LogP contribution is 2.20. The number of aryl methyl sites for hydroxylation is 1. The molecule has 140 valence electrons. The number of nitrogens with zero attached hydrogens (tertiary/aromatic N) is 2. The lowest BCUT2D eigenvalue weighted by Gasteiger charge is -2.08. The molecular formula is C21H16ClN3O3. The molecule has 1 N–H and O–H groups in total. The molecule has 0 aromatic heterocycles. The molecule has 0 atom stereocenters. The average molecular weight is 394 g/mol. The normalized spacial score (nSPS) is 10.6. The Labute approximate surface area is 166 Å². The highest BCUT2D eigenvalue weighted by molar-refractivity contribution is 6.33. The number of rotatable bonds is 5. The summed E-state index contributed by atoms with van der Waals surface area (Å²) < 4.78 is 0. The third kappa shape index (κ3) is 4.81. The summed E-state index contributed by atoms with van der Waals surface area (Å²) in [4.78, 5) is 29.2. The van der Waals surface area contributed by atoms with Crippen molar-refractivity contribution in [2.45, 2.75) is 6.92 Å². The Balaban J connectivity index is 1.59. The Morgan fingerprint density at radius 3 is 2.21 bits per heavy atom. The quantitative estimate of drug-likeness (QED) is 0.441. The number of hydrogen-bond donors (Lipinski definition) is 1. The first-order chi connectivity index (χ1) is 13.5. The second-order valence-corrected chi connectivity index (χ2v) is 6.25. The number of benzene rings is 3. The van der Waals surface area contributed by atoms with Crippen LogP contribution in [-0.2, 0) is 4.84 Å². The van der Waals surface area contributed by atoms with Crippen molar-refractivity contribution >= 4 is 34.9 Å². The van der Waals surface area contributed by atoms with Gasteiger partial charge in [-0.3, -0.25) is 4.79 Å². The van der Waals surface area contributed by atoms with Gasteiger partial charge in [0.15, 0.2) is 0 Å². The van der Waals surface area contributed by atoms with E-state index in [1.165, 1.54) is 0 Å². The van der Waals surface area contributed by atoms with Crippen molar-refractivity contribution in [3.8, 4) is 0 Å². The van der Waals surface area contributed by atoms with Gasteiger partial charge in [0.05, 0.1) is 27.5 Å². The van der Waals surface area contributed by atoms with Gasteiger partial charge in [-0.1, -0.05) is 41.9 Å². The molecule has 3 rings (SSSR count). The molecule has 3 aromatic carbocycles. The summed E-state index contributed by atoms with van der Waals surface area (Å²) in [6, 6.07) is 20.3. The fourth-order valence-electron chi connectivity index (χ4n) is 2.35. The van der Waals surface area contributed by atoms with Crippen molar-refractivity contribution < 1.29 is 14.4 Å². The number of azo groups is 1. The SMILES string of the molecule is Cc1ccccc1C(=O)ONc1ccc(N=NC(=O)c2ccccc2Cl)cc1. The first kappa shape index (κ1) is 19.3. The van der Waals surface area contributed by atoms with Crippen molar-refractivity contribution in [1.29, 1.82) is 0 Å². The predicted molar refractivity (Wildman–Crippen MR) is 107 cm³/mol. The van der Waals surface area contributed by atoms with E-state index in [0.717, 1.165) is 5.56 Å². The third-order valence-electron chi connectivity index (χ3n) is 3.85. The molecule has 3 aromatic rings. The predicted octanol–water partition coefficient (Wildman–Crippen LogP) is 5.76. The maximum atomic E-state index is 12.1. The lowest BCUT2D eigenvalue weighted by molar-refractivity contribution is 0.0595. The summed E-state index contributed by atoms with van der Waals surface area (Å²) in [6.45, 7) is 1.83. The van der Waals surface area contributed by atoms with Crippen LogP contribution in [0, 0.1) is 6.92 Å². The van der Waals surface area contributed by atoms with Gasteiger partial charge < -0.3 is 4.84 Å². The number of amides is 1. The number of anilines is 1. The van der Waals surface area contributed by atoms with E-state index >= 15 is 0 Å². The summed E-state index contributed by atoms with van der Waals surface area (Å²) in [5.41, 5.74) is 5.21. The summed E-state index contributed by atoms with van der Waals surface area (Å²) in [7, 11) is 0. The minimum atomic E-state index is -0.528. The van der Waals surface area contributed by atoms with Crippen molar-refractivity contribution in [1.82, 2.24) is 0 Å². The van der Waals surface area contributed by atoms with Gasteiger partial charge in [0.2, 0.25) is 0 Å². The Kier molecular flexibility index (Phi) is 6.14. The molecule has 0 heterocycles. The molecule has 0 saturated heterocycles. The standard InChI is InChI=1S/C21H16ClN3O3/c1-14-6-2-3-7-17(14)21(27)28-25-16-12-10-15(11-13-16)23-24-20(26)18-8-4-5-9-19(18)22/h2-13,25H,1H3. The van der Waals surface area contributed by atoms with Crippen molar-refractivity contribution in [3.63, 3.8) is 0 Å². The molecule has 0 aliphatic rings. The number of nitrogens with one attached hydrogen (secondary N) is 1. The maximum absolute atomic E-state index is 12.1. The molecule has 0 radical (unpaired) electrons. The van der Waals surface area contributed by atoms with E-state index in [-0.39, 0.29) is 5.56 Å². The van der Waals surface area contributed by atoms with Crippen molar-refractivity contribution in [2.24, 2.45) is 10.2 Å². The van der Waals surface area contributed by atoms with Crippen LogP contribution in [0.3, 0.4) is 0 Å². The minimum Gasteiger partial charge on any atom is -0.338 e. The van der Waals surface area contributed by atoms with Crippen molar-refractivity contribution in [3.05, 3.63) is 94.5 Å². The summed E-state index contributed by atoms with van der Waals surface area (Å²) in [5, 5.41) is 7.90. The van der Waals surface area contributed by atoms with E-state index in [1.807, 2.05) is 19.1 Å². The van der Waals surface area contributed by atoms with E-state index in [4.69, 9.17) is 16.4 Å². The lowest BCUT2D eigenvalue weighted by atomic mass is 10.1. The number of hydrogen-bond acceptors (Lipinski definition) is 5. The summed E-state index contributed by atoms with van der Waals surface area (Å²) >= 11 is 5.96. The molecule has 0 spiro atoms. The topological polar surface area (TPSA) is 80.1 Å². The van der Waals surface area contributed by atoms with Crippen LogP contribution in [0.15, 0.2) is 83.0 Å². The van der Waals surface area contributed by atoms with E-state index in [0.29, 0.717) is 22.0 Å². The van der Waals surface area contributed by atoms with Gasteiger partial charge in [0.1, 0.15) is 0 Å². The zero-order valence-electron chi connectivity index (χ0n) is 14.9. The summed E-state index contributed by atoms with van der Waals surface area (Å²) in [6.07, 6.45) is 0.